The Kier molecular flexibility index (Phi) is 6.49. The zero-order valence-electron chi connectivity index (χ0n) is 34.4. The maximum atomic E-state index is 9.68. The van der Waals surface area contributed by atoms with Gasteiger partial charge >= 0.3 is 0 Å². The Morgan fingerprint density at radius 2 is 1.05 bits per heavy atom. The molecule has 0 bridgehead atoms. The van der Waals surface area contributed by atoms with E-state index in [-0.39, 0.29) is 18.1 Å². The summed E-state index contributed by atoms with van der Waals surface area (Å²) in [6.45, 7) is 0. The predicted octanol–water partition coefficient (Wildman–Crippen LogP) is 14.5. The van der Waals surface area contributed by atoms with Crippen LogP contribution in [0.1, 0.15) is 26.4 Å². The van der Waals surface area contributed by atoms with Crippen molar-refractivity contribution in [1.29, 1.82) is 0 Å². The van der Waals surface area contributed by atoms with Crippen LogP contribution in [0.25, 0.3) is 60.6 Å². The van der Waals surface area contributed by atoms with E-state index in [0.29, 0.717) is 22.2 Å². The lowest BCUT2D eigenvalue weighted by Gasteiger charge is -2.34. The number of rotatable bonds is 6. The van der Waals surface area contributed by atoms with Crippen LogP contribution >= 0.6 is 0 Å². The first kappa shape index (κ1) is 29.6. The number of hydrogen-bond acceptors (Lipinski definition) is 2. The van der Waals surface area contributed by atoms with Crippen molar-refractivity contribution in [2.24, 2.45) is 0 Å². The van der Waals surface area contributed by atoms with Gasteiger partial charge in [-0.25, -0.2) is 0 Å². The monoisotopic (exact) mass is 743 g/mol. The highest BCUT2D eigenvalue weighted by molar-refractivity contribution is 6.14. The Hall–Kier alpha value is -7.62. The topological polar surface area (TPSA) is 21.3 Å². The van der Waals surface area contributed by atoms with Gasteiger partial charge < -0.3 is 13.9 Å². The zero-order valence-corrected chi connectivity index (χ0v) is 31.4. The van der Waals surface area contributed by atoms with E-state index >= 15 is 0 Å². The zero-order chi connectivity index (χ0) is 40.8. The number of aromatic nitrogens is 1. The van der Waals surface area contributed by atoms with Crippen molar-refractivity contribution in [3.05, 3.63) is 241 Å². The summed E-state index contributed by atoms with van der Waals surface area (Å²) in [5.74, 6) is 0. The van der Waals surface area contributed by atoms with Gasteiger partial charge in [-0.2, -0.15) is 0 Å². The van der Waals surface area contributed by atoms with Crippen LogP contribution in [0.2, 0.25) is 0 Å². The lowest BCUT2D eigenvalue weighted by molar-refractivity contribution is 0.669. The van der Waals surface area contributed by atoms with E-state index in [1.165, 1.54) is 27.8 Å². The van der Waals surface area contributed by atoms with E-state index in [1.54, 1.807) is 0 Å². The summed E-state index contributed by atoms with van der Waals surface area (Å²) < 4.78 is 36.5. The fraction of sp³-hybridized carbons (Fsp3) is 0.0182. The lowest BCUT2D eigenvalue weighted by Crippen LogP contribution is -2.28. The van der Waals surface area contributed by atoms with Gasteiger partial charge in [0.15, 0.2) is 0 Å². The maximum Gasteiger partial charge on any atom is 0.137 e. The molecule has 0 saturated heterocycles. The van der Waals surface area contributed by atoms with Crippen molar-refractivity contribution in [2.45, 2.75) is 5.41 Å². The highest BCUT2D eigenvalue weighted by atomic mass is 16.3. The second-order valence-electron chi connectivity index (χ2n) is 15.0. The molecular weight excluding hydrogens is 705 g/mol. The van der Waals surface area contributed by atoms with Crippen LogP contribution in [0, 0.1) is 0 Å². The van der Waals surface area contributed by atoms with Gasteiger partial charge in [-0.3, -0.25) is 0 Å². The average molecular weight is 744 g/mol. The highest BCUT2D eigenvalue weighted by Crippen LogP contribution is 2.56. The standard InChI is InChI=1S/C55H36N2O/c1-3-16-37(17-4-1)55(47-24-11-7-20-42(47)43-21-8-12-25-48(43)55)38-30-32-40(33-31-38)56(50-27-15-29-53-54(50)46-23-10-14-28-52(46)58-53)41-34-35-45-44-22-9-13-26-49(44)57(51(45)36-41)39-18-5-2-6-19-39/h1-36H/i15D,27D,29D. The molecule has 1 aliphatic rings. The fourth-order valence-corrected chi connectivity index (χ4v) is 9.68. The number of nitrogens with zero attached hydrogens (tertiary/aromatic N) is 2. The third-order valence-corrected chi connectivity index (χ3v) is 12.1. The molecular formula is C55H36N2O. The van der Waals surface area contributed by atoms with Crippen LogP contribution in [0.3, 0.4) is 0 Å². The molecule has 1 aliphatic carbocycles. The van der Waals surface area contributed by atoms with Gasteiger partial charge in [-0.15, -0.1) is 0 Å². The molecule has 0 fully saturated rings. The normalized spacial score (nSPS) is 13.7. The third-order valence-electron chi connectivity index (χ3n) is 12.1. The van der Waals surface area contributed by atoms with Crippen LogP contribution < -0.4 is 4.90 Å². The van der Waals surface area contributed by atoms with Crippen molar-refractivity contribution in [2.75, 3.05) is 4.90 Å². The molecule has 0 unspecified atom stereocenters. The first-order chi connectivity index (χ1) is 30.0. The van der Waals surface area contributed by atoms with Gasteiger partial charge in [0.25, 0.3) is 0 Å². The Bertz CT molecular complexity index is 3470. The predicted molar refractivity (Wildman–Crippen MR) is 240 cm³/mol. The van der Waals surface area contributed by atoms with Gasteiger partial charge in [0.1, 0.15) is 11.2 Å². The van der Waals surface area contributed by atoms with Gasteiger partial charge in [0, 0.05) is 33.2 Å². The fourth-order valence-electron chi connectivity index (χ4n) is 9.68. The molecule has 0 aliphatic heterocycles. The molecule has 272 valence electrons. The lowest BCUT2D eigenvalue weighted by atomic mass is 9.68. The smallest absolute Gasteiger partial charge is 0.137 e. The Balaban J connectivity index is 1.15. The van der Waals surface area contributed by atoms with E-state index in [2.05, 4.69) is 179 Å². The summed E-state index contributed by atoms with van der Waals surface area (Å²) in [7, 11) is 0. The molecule has 0 amide bonds. The van der Waals surface area contributed by atoms with Crippen molar-refractivity contribution >= 4 is 60.8 Å². The molecule has 0 saturated carbocycles. The van der Waals surface area contributed by atoms with E-state index in [4.69, 9.17) is 7.16 Å². The van der Waals surface area contributed by atoms with Gasteiger partial charge in [0.2, 0.25) is 0 Å². The summed E-state index contributed by atoms with van der Waals surface area (Å²) in [4.78, 5) is 2.09. The molecule has 0 N–H and O–H groups in total. The molecule has 2 aromatic heterocycles. The van der Waals surface area contributed by atoms with Crippen LogP contribution in [0.15, 0.2) is 223 Å². The van der Waals surface area contributed by atoms with Crippen molar-refractivity contribution in [3.8, 4) is 16.8 Å². The molecule has 3 heteroatoms. The minimum Gasteiger partial charge on any atom is -0.456 e. The van der Waals surface area contributed by atoms with Crippen molar-refractivity contribution in [3.63, 3.8) is 0 Å². The van der Waals surface area contributed by atoms with Crippen LogP contribution in [0.5, 0.6) is 0 Å². The molecule has 0 spiro atoms. The van der Waals surface area contributed by atoms with Crippen LogP contribution in [-0.4, -0.2) is 4.57 Å². The second kappa shape index (κ2) is 12.7. The number of anilines is 3. The Labute approximate surface area is 340 Å². The van der Waals surface area contributed by atoms with Gasteiger partial charge in [-0.05, 0) is 94.0 Å². The minimum absolute atomic E-state index is 0.0452. The number of furan rings is 1. The van der Waals surface area contributed by atoms with Crippen molar-refractivity contribution < 1.29 is 8.53 Å². The molecule has 0 atom stereocenters. The molecule has 58 heavy (non-hydrogen) atoms. The second-order valence-corrected chi connectivity index (χ2v) is 15.0. The van der Waals surface area contributed by atoms with Gasteiger partial charge in [0.05, 0.1) is 31.6 Å². The summed E-state index contributed by atoms with van der Waals surface area (Å²) in [6, 6.07) is 69.7. The maximum absolute atomic E-state index is 9.68. The van der Waals surface area contributed by atoms with E-state index in [1.807, 2.05) is 30.3 Å². The summed E-state index contributed by atoms with van der Waals surface area (Å²) in [6.07, 6.45) is 0. The summed E-state index contributed by atoms with van der Waals surface area (Å²) >= 11 is 0. The number of benzene rings is 9. The first-order valence-electron chi connectivity index (χ1n) is 21.2. The van der Waals surface area contributed by atoms with E-state index in [9.17, 15) is 1.37 Å². The quantitative estimate of drug-likeness (QED) is 0.169. The number of para-hydroxylation sites is 3. The number of fused-ring (bicyclic) bond motifs is 9. The van der Waals surface area contributed by atoms with Gasteiger partial charge in [-0.1, -0.05) is 158 Å². The third kappa shape index (κ3) is 4.62. The average Bonchev–Trinajstić information content (AvgIpc) is 3.97. The summed E-state index contributed by atoms with van der Waals surface area (Å²) in [5.41, 5.74) is 12.8. The molecule has 0 radical (unpaired) electrons. The largest absolute Gasteiger partial charge is 0.456 e. The Morgan fingerprint density at radius 3 is 1.81 bits per heavy atom. The molecule has 2 heterocycles. The van der Waals surface area contributed by atoms with E-state index in [0.717, 1.165) is 49.8 Å². The van der Waals surface area contributed by atoms with Crippen LogP contribution in [-0.2, 0) is 5.41 Å². The molecule has 11 aromatic rings. The first-order valence-corrected chi connectivity index (χ1v) is 19.7. The SMILES string of the molecule is [2H]c1c([2H])c(N(c2ccc(C3(c4ccccc4)c4ccccc4-c4ccccc43)cc2)c2ccc3c4ccccc4n(-c4ccccc4)c3c2)c2c(oc3ccccc32)c1[2H]. The van der Waals surface area contributed by atoms with Crippen LogP contribution in [0.4, 0.5) is 17.1 Å². The van der Waals surface area contributed by atoms with Crippen molar-refractivity contribution in [1.82, 2.24) is 4.57 Å². The molecule has 12 rings (SSSR count). The molecule has 9 aromatic carbocycles. The summed E-state index contributed by atoms with van der Waals surface area (Å²) in [5, 5.41) is 3.67. The number of hydrogen-bond donors (Lipinski definition) is 0. The minimum atomic E-state index is -0.580. The Morgan fingerprint density at radius 1 is 0.466 bits per heavy atom. The van der Waals surface area contributed by atoms with E-state index < -0.39 is 5.41 Å². The molecule has 3 nitrogen and oxygen atoms in total. The highest BCUT2D eigenvalue weighted by Gasteiger charge is 2.45.